The normalized spacial score (nSPS) is 14.4. The van der Waals surface area contributed by atoms with Crippen LogP contribution in [-0.4, -0.2) is 38.8 Å². The molecule has 7 heteroatoms. The van der Waals surface area contributed by atoms with Gasteiger partial charge in [-0.05, 0) is 30.2 Å². The molecule has 0 aliphatic carbocycles. The van der Waals surface area contributed by atoms with Crippen molar-refractivity contribution < 1.29 is 19.0 Å². The van der Waals surface area contributed by atoms with Crippen LogP contribution in [0.2, 0.25) is 0 Å². The molecule has 2 N–H and O–H groups in total. The van der Waals surface area contributed by atoms with Crippen molar-refractivity contribution in [3.63, 3.8) is 0 Å². The van der Waals surface area contributed by atoms with Gasteiger partial charge in [0.2, 0.25) is 0 Å². The number of carbonyl (C=O) groups is 1. The fraction of sp³-hybridized carbons (Fsp3) is 0.391. The van der Waals surface area contributed by atoms with Crippen LogP contribution < -0.4 is 20.1 Å². The highest BCUT2D eigenvalue weighted by Crippen LogP contribution is 2.32. The van der Waals surface area contributed by atoms with Gasteiger partial charge in [-0.3, -0.25) is 4.79 Å². The first kappa shape index (κ1) is 21.5. The molecule has 2 aromatic rings. The van der Waals surface area contributed by atoms with Crippen LogP contribution in [0.3, 0.4) is 0 Å². The summed E-state index contributed by atoms with van der Waals surface area (Å²) in [5.74, 6) is 1.45. The van der Waals surface area contributed by atoms with Gasteiger partial charge in [-0.1, -0.05) is 31.2 Å². The van der Waals surface area contributed by atoms with E-state index in [0.717, 1.165) is 23.4 Å². The van der Waals surface area contributed by atoms with Gasteiger partial charge >= 0.3 is 5.97 Å². The molecule has 3 rings (SSSR count). The summed E-state index contributed by atoms with van der Waals surface area (Å²) >= 11 is 0. The Morgan fingerprint density at radius 3 is 2.70 bits per heavy atom. The van der Waals surface area contributed by atoms with Crippen molar-refractivity contribution in [1.29, 1.82) is 0 Å². The summed E-state index contributed by atoms with van der Waals surface area (Å²) in [5.41, 5.74) is 3.14. The molecule has 1 aliphatic rings. The fourth-order valence-electron chi connectivity index (χ4n) is 3.00. The standard InChI is InChI=1S/C23H29N3O4/c1-16-7-4-5-8-18(16)15-25-23(24-14-17(2)22(27)28-3)26-19-9-10-20-21(13-19)30-12-6-11-29-20/h4-5,7-10,13,17H,6,11-12,14-15H2,1-3H3,(H2,24,25,26). The number of anilines is 1. The third kappa shape index (κ3) is 5.89. The number of benzene rings is 2. The van der Waals surface area contributed by atoms with Crippen LogP contribution in [-0.2, 0) is 16.1 Å². The van der Waals surface area contributed by atoms with Gasteiger partial charge < -0.3 is 24.8 Å². The van der Waals surface area contributed by atoms with Crippen LogP contribution in [0, 0.1) is 12.8 Å². The zero-order valence-corrected chi connectivity index (χ0v) is 17.7. The lowest BCUT2D eigenvalue weighted by Gasteiger charge is -2.16. The van der Waals surface area contributed by atoms with E-state index in [9.17, 15) is 4.79 Å². The average molecular weight is 412 g/mol. The fourth-order valence-corrected chi connectivity index (χ4v) is 3.00. The van der Waals surface area contributed by atoms with Gasteiger partial charge in [0, 0.05) is 24.7 Å². The second-order valence-corrected chi connectivity index (χ2v) is 7.23. The number of nitrogens with zero attached hydrogens (tertiary/aromatic N) is 1. The van der Waals surface area contributed by atoms with Gasteiger partial charge in [0.25, 0.3) is 0 Å². The van der Waals surface area contributed by atoms with E-state index in [-0.39, 0.29) is 11.9 Å². The highest BCUT2D eigenvalue weighted by Gasteiger charge is 2.15. The number of ether oxygens (including phenoxy) is 3. The first-order valence-corrected chi connectivity index (χ1v) is 10.1. The Hall–Kier alpha value is -3.22. The molecular formula is C23H29N3O4. The molecule has 0 radical (unpaired) electrons. The number of carbonyl (C=O) groups excluding carboxylic acids is 1. The molecule has 7 nitrogen and oxygen atoms in total. The van der Waals surface area contributed by atoms with E-state index in [1.165, 1.54) is 12.7 Å². The maximum absolute atomic E-state index is 11.7. The summed E-state index contributed by atoms with van der Waals surface area (Å²) in [6, 6.07) is 13.8. The Kier molecular flexibility index (Phi) is 7.54. The average Bonchev–Trinajstić information content (AvgIpc) is 3.00. The summed E-state index contributed by atoms with van der Waals surface area (Å²) in [6.45, 7) is 6.06. The Balaban J connectivity index is 1.76. The molecule has 0 fully saturated rings. The summed E-state index contributed by atoms with van der Waals surface area (Å²) in [5, 5.41) is 6.53. The molecule has 0 aromatic heterocycles. The van der Waals surface area contributed by atoms with Crippen molar-refractivity contribution in [2.45, 2.75) is 26.8 Å². The lowest BCUT2D eigenvalue weighted by molar-refractivity contribution is -0.144. The zero-order chi connectivity index (χ0) is 21.3. The predicted molar refractivity (Wildman–Crippen MR) is 117 cm³/mol. The second-order valence-electron chi connectivity index (χ2n) is 7.23. The molecule has 0 amide bonds. The van der Waals surface area contributed by atoms with Crippen molar-refractivity contribution in [3.8, 4) is 11.5 Å². The first-order chi connectivity index (χ1) is 14.6. The van der Waals surface area contributed by atoms with Crippen molar-refractivity contribution in [1.82, 2.24) is 5.32 Å². The Bertz CT molecular complexity index is 898. The van der Waals surface area contributed by atoms with Crippen molar-refractivity contribution in [3.05, 3.63) is 53.6 Å². The van der Waals surface area contributed by atoms with Gasteiger partial charge in [-0.2, -0.15) is 0 Å². The van der Waals surface area contributed by atoms with Gasteiger partial charge in [-0.25, -0.2) is 4.99 Å². The number of fused-ring (bicyclic) bond motifs is 1. The molecule has 1 atom stereocenters. The first-order valence-electron chi connectivity index (χ1n) is 10.1. The van der Waals surface area contributed by atoms with Crippen molar-refractivity contribution in [2.24, 2.45) is 10.9 Å². The summed E-state index contributed by atoms with van der Waals surface area (Å²) in [4.78, 5) is 16.5. The molecule has 160 valence electrons. The summed E-state index contributed by atoms with van der Waals surface area (Å²) < 4.78 is 16.3. The largest absolute Gasteiger partial charge is 0.490 e. The smallest absolute Gasteiger partial charge is 0.310 e. The number of hydrogen-bond donors (Lipinski definition) is 2. The Morgan fingerprint density at radius 1 is 1.17 bits per heavy atom. The maximum Gasteiger partial charge on any atom is 0.310 e. The highest BCUT2D eigenvalue weighted by molar-refractivity contribution is 5.94. The molecule has 1 heterocycles. The number of rotatable bonds is 6. The van der Waals surface area contributed by atoms with E-state index in [1.54, 1.807) is 0 Å². The zero-order valence-electron chi connectivity index (χ0n) is 17.7. The minimum absolute atomic E-state index is 0.267. The van der Waals surface area contributed by atoms with E-state index in [2.05, 4.69) is 29.7 Å². The highest BCUT2D eigenvalue weighted by atomic mass is 16.5. The molecule has 2 aromatic carbocycles. The lowest BCUT2D eigenvalue weighted by Crippen LogP contribution is -2.36. The topological polar surface area (TPSA) is 81.2 Å². The van der Waals surface area contributed by atoms with Crippen LogP contribution in [0.1, 0.15) is 24.5 Å². The van der Waals surface area contributed by atoms with Crippen LogP contribution in [0.4, 0.5) is 5.69 Å². The molecular weight excluding hydrogens is 382 g/mol. The molecule has 30 heavy (non-hydrogen) atoms. The number of guanidine groups is 1. The van der Waals surface area contributed by atoms with E-state index in [4.69, 9.17) is 19.2 Å². The van der Waals surface area contributed by atoms with Crippen molar-refractivity contribution in [2.75, 3.05) is 32.2 Å². The summed E-state index contributed by atoms with van der Waals surface area (Å²) in [6.07, 6.45) is 0.855. The number of aryl methyl sites for hydroxylation is 1. The number of nitrogens with one attached hydrogen (secondary N) is 2. The van der Waals surface area contributed by atoms with Crippen LogP contribution in [0.15, 0.2) is 47.5 Å². The van der Waals surface area contributed by atoms with Crippen LogP contribution in [0.5, 0.6) is 11.5 Å². The van der Waals surface area contributed by atoms with Crippen LogP contribution in [0.25, 0.3) is 0 Å². The summed E-state index contributed by atoms with van der Waals surface area (Å²) in [7, 11) is 1.39. The van der Waals surface area contributed by atoms with E-state index < -0.39 is 0 Å². The number of aliphatic imine (C=N–C) groups is 1. The monoisotopic (exact) mass is 411 g/mol. The van der Waals surface area contributed by atoms with Gasteiger partial charge in [0.15, 0.2) is 17.5 Å². The molecule has 0 saturated carbocycles. The van der Waals surface area contributed by atoms with Gasteiger partial charge in [-0.15, -0.1) is 0 Å². The Labute approximate surface area is 177 Å². The second kappa shape index (κ2) is 10.5. The molecule has 0 bridgehead atoms. The molecule has 0 saturated heterocycles. The predicted octanol–water partition coefficient (Wildman–Crippen LogP) is 3.52. The molecule has 1 unspecified atom stereocenters. The number of esters is 1. The van der Waals surface area contributed by atoms with Crippen LogP contribution >= 0.6 is 0 Å². The minimum Gasteiger partial charge on any atom is -0.490 e. The van der Waals surface area contributed by atoms with Gasteiger partial charge in [0.05, 0.1) is 32.8 Å². The lowest BCUT2D eigenvalue weighted by atomic mass is 10.1. The van der Waals surface area contributed by atoms with E-state index in [0.29, 0.717) is 38.0 Å². The molecule has 1 aliphatic heterocycles. The number of methoxy groups -OCH3 is 1. The van der Waals surface area contributed by atoms with Gasteiger partial charge in [0.1, 0.15) is 0 Å². The minimum atomic E-state index is -0.302. The third-order valence-corrected chi connectivity index (χ3v) is 4.86. The molecule has 0 spiro atoms. The number of hydrogen-bond acceptors (Lipinski definition) is 5. The Morgan fingerprint density at radius 2 is 1.93 bits per heavy atom. The van der Waals surface area contributed by atoms with Crippen molar-refractivity contribution >= 4 is 17.6 Å². The SMILES string of the molecule is COC(=O)C(C)CNC(=NCc1ccccc1C)Nc1ccc2c(c1)OCCCO2. The van der Waals surface area contributed by atoms with E-state index in [1.807, 2.05) is 37.3 Å². The quantitative estimate of drug-likeness (QED) is 0.430. The van der Waals surface area contributed by atoms with E-state index >= 15 is 0 Å². The third-order valence-electron chi connectivity index (χ3n) is 4.86. The maximum atomic E-state index is 11.7.